The Labute approximate surface area is 172 Å². The number of phenols is 1. The van der Waals surface area contributed by atoms with Gasteiger partial charge in [0.1, 0.15) is 5.75 Å². The summed E-state index contributed by atoms with van der Waals surface area (Å²) in [5, 5.41) is 12.0. The van der Waals surface area contributed by atoms with Crippen molar-refractivity contribution in [2.45, 2.75) is 103 Å². The van der Waals surface area contributed by atoms with Crippen molar-refractivity contribution in [3.8, 4) is 5.75 Å². The van der Waals surface area contributed by atoms with Crippen LogP contribution in [0.25, 0.3) is 0 Å². The normalized spacial score (nSPS) is 11.2. The fraction of sp³-hybridized carbons (Fsp3) is 0.640. The number of unbranched alkanes of at least 4 members (excludes halogenated alkanes) is 14. The van der Waals surface area contributed by atoms with Crippen LogP contribution in [0, 0.1) is 0 Å². The molecule has 3 nitrogen and oxygen atoms in total. The maximum Gasteiger partial charge on any atom is 0.255 e. The molecule has 0 saturated carbocycles. The molecular weight excluding hydrogens is 346 g/mol. The minimum atomic E-state index is -0.141. The van der Waals surface area contributed by atoms with Gasteiger partial charge in [-0.1, -0.05) is 96.5 Å². The van der Waals surface area contributed by atoms with Crippen molar-refractivity contribution in [1.29, 1.82) is 0 Å². The highest BCUT2D eigenvalue weighted by Gasteiger charge is 2.02. The van der Waals surface area contributed by atoms with Gasteiger partial charge < -0.3 is 10.4 Å². The van der Waals surface area contributed by atoms with Gasteiger partial charge in [0.25, 0.3) is 5.91 Å². The molecular formula is C25H41NO2. The summed E-state index contributed by atoms with van der Waals surface area (Å²) in [5.74, 6) is 0.0297. The molecule has 0 unspecified atom stereocenters. The summed E-state index contributed by atoms with van der Waals surface area (Å²) in [6.45, 7) is 2.28. The van der Waals surface area contributed by atoms with E-state index < -0.39 is 0 Å². The number of aromatic hydroxyl groups is 1. The largest absolute Gasteiger partial charge is 0.508 e. The van der Waals surface area contributed by atoms with Crippen LogP contribution in [0.5, 0.6) is 5.75 Å². The molecule has 1 rings (SSSR count). The summed E-state index contributed by atoms with van der Waals surface area (Å²) in [5.41, 5.74) is 0.555. The highest BCUT2D eigenvalue weighted by Crippen LogP contribution is 2.13. The number of phenolic OH excluding ortho intramolecular Hbond substituents is 1. The average molecular weight is 388 g/mol. The fourth-order valence-corrected chi connectivity index (χ4v) is 3.37. The first kappa shape index (κ1) is 24.3. The molecule has 1 amide bonds. The van der Waals surface area contributed by atoms with E-state index in [0.29, 0.717) is 5.56 Å². The van der Waals surface area contributed by atoms with Gasteiger partial charge >= 0.3 is 0 Å². The van der Waals surface area contributed by atoms with Gasteiger partial charge in [-0.3, -0.25) is 4.79 Å². The summed E-state index contributed by atoms with van der Waals surface area (Å²) >= 11 is 0. The van der Waals surface area contributed by atoms with Crippen molar-refractivity contribution < 1.29 is 9.90 Å². The Morgan fingerprint density at radius 2 is 1.25 bits per heavy atom. The number of carbonyl (C=O) groups excluding carboxylic acids is 1. The second kappa shape index (κ2) is 17.3. The molecule has 1 aromatic rings. The van der Waals surface area contributed by atoms with E-state index in [2.05, 4.69) is 12.2 Å². The highest BCUT2D eigenvalue weighted by molar-refractivity contribution is 5.94. The molecule has 0 aliphatic rings. The molecule has 1 aromatic carbocycles. The average Bonchev–Trinajstić information content (AvgIpc) is 2.70. The second-order valence-corrected chi connectivity index (χ2v) is 7.81. The Hall–Kier alpha value is -1.77. The predicted octanol–water partition coefficient (Wildman–Crippen LogP) is 7.51. The van der Waals surface area contributed by atoms with Gasteiger partial charge in [0.15, 0.2) is 0 Å². The highest BCUT2D eigenvalue weighted by atomic mass is 16.3. The van der Waals surface area contributed by atoms with E-state index in [0.717, 1.165) is 6.42 Å². The van der Waals surface area contributed by atoms with Crippen LogP contribution in [0.3, 0.4) is 0 Å². The fourth-order valence-electron chi connectivity index (χ4n) is 3.37. The lowest BCUT2D eigenvalue weighted by atomic mass is 10.0. The van der Waals surface area contributed by atoms with Crippen LogP contribution in [0.15, 0.2) is 36.5 Å². The molecule has 158 valence electrons. The van der Waals surface area contributed by atoms with Gasteiger partial charge in [-0.2, -0.15) is 0 Å². The van der Waals surface area contributed by atoms with Gasteiger partial charge in [0, 0.05) is 11.8 Å². The third-order valence-electron chi connectivity index (χ3n) is 5.19. The third-order valence-corrected chi connectivity index (χ3v) is 5.19. The van der Waals surface area contributed by atoms with E-state index >= 15 is 0 Å². The molecule has 0 saturated heterocycles. The number of carbonyl (C=O) groups is 1. The van der Waals surface area contributed by atoms with Crippen LogP contribution in [0.4, 0.5) is 0 Å². The van der Waals surface area contributed by atoms with E-state index in [9.17, 15) is 9.90 Å². The molecule has 0 aromatic heterocycles. The monoisotopic (exact) mass is 387 g/mol. The smallest absolute Gasteiger partial charge is 0.255 e. The van der Waals surface area contributed by atoms with Crippen LogP contribution in [-0.4, -0.2) is 11.0 Å². The van der Waals surface area contributed by atoms with Gasteiger partial charge in [-0.15, -0.1) is 0 Å². The summed E-state index contributed by atoms with van der Waals surface area (Å²) < 4.78 is 0. The molecule has 2 N–H and O–H groups in total. The zero-order valence-electron chi connectivity index (χ0n) is 17.9. The maximum absolute atomic E-state index is 11.9. The van der Waals surface area contributed by atoms with E-state index in [1.54, 1.807) is 18.3 Å². The standard InChI is InChI=1S/C25H41NO2/c1-2-3-4-5-6-7-8-9-10-11-12-13-14-15-16-17-22-26-25(28)23-18-20-24(27)21-19-23/h17-22,27H,2-16H2,1H3,(H,26,28). The summed E-state index contributed by atoms with van der Waals surface area (Å²) in [6.07, 6.45) is 24.0. The molecule has 3 heteroatoms. The number of hydrogen-bond acceptors (Lipinski definition) is 2. The lowest BCUT2D eigenvalue weighted by Gasteiger charge is -2.03. The quantitative estimate of drug-likeness (QED) is 0.272. The number of rotatable bonds is 17. The molecule has 0 bridgehead atoms. The summed E-state index contributed by atoms with van der Waals surface area (Å²) in [4.78, 5) is 11.9. The van der Waals surface area contributed by atoms with Crippen LogP contribution in [-0.2, 0) is 0 Å². The number of allylic oxidation sites excluding steroid dienone is 1. The maximum atomic E-state index is 11.9. The number of amides is 1. The molecule has 28 heavy (non-hydrogen) atoms. The van der Waals surface area contributed by atoms with Crippen molar-refractivity contribution >= 4 is 5.91 Å². The Bertz CT molecular complexity index is 522. The Balaban J connectivity index is 1.84. The minimum Gasteiger partial charge on any atom is -0.508 e. The molecule has 0 aliphatic heterocycles. The second-order valence-electron chi connectivity index (χ2n) is 7.81. The van der Waals surface area contributed by atoms with Crippen molar-refractivity contribution in [2.24, 2.45) is 0 Å². The molecule has 0 spiro atoms. The van der Waals surface area contributed by atoms with E-state index in [1.165, 1.54) is 102 Å². The molecule has 0 aliphatic carbocycles. The lowest BCUT2D eigenvalue weighted by molar-refractivity contribution is 0.0970. The Kier molecular flexibility index (Phi) is 15.0. The van der Waals surface area contributed by atoms with Gasteiger partial charge in [-0.05, 0) is 37.1 Å². The molecule has 0 heterocycles. The van der Waals surface area contributed by atoms with Crippen LogP contribution in [0.2, 0.25) is 0 Å². The zero-order chi connectivity index (χ0) is 20.3. The summed E-state index contributed by atoms with van der Waals surface area (Å²) in [7, 11) is 0. The third kappa shape index (κ3) is 13.4. The van der Waals surface area contributed by atoms with Crippen LogP contribution < -0.4 is 5.32 Å². The minimum absolute atomic E-state index is 0.141. The predicted molar refractivity (Wildman–Crippen MR) is 120 cm³/mol. The van der Waals surface area contributed by atoms with Crippen LogP contribution >= 0.6 is 0 Å². The van der Waals surface area contributed by atoms with Crippen molar-refractivity contribution in [3.05, 3.63) is 42.1 Å². The van der Waals surface area contributed by atoms with Crippen molar-refractivity contribution in [2.75, 3.05) is 0 Å². The summed E-state index contributed by atoms with van der Waals surface area (Å²) in [6, 6.07) is 6.28. The van der Waals surface area contributed by atoms with Crippen LogP contribution in [0.1, 0.15) is 114 Å². The number of nitrogens with one attached hydrogen (secondary N) is 1. The number of hydrogen-bond donors (Lipinski definition) is 2. The number of benzene rings is 1. The first-order chi connectivity index (χ1) is 13.7. The van der Waals surface area contributed by atoms with Gasteiger partial charge in [0.05, 0.1) is 0 Å². The van der Waals surface area contributed by atoms with Crippen molar-refractivity contribution in [1.82, 2.24) is 5.32 Å². The van der Waals surface area contributed by atoms with E-state index in [-0.39, 0.29) is 11.7 Å². The van der Waals surface area contributed by atoms with E-state index in [4.69, 9.17) is 0 Å². The Morgan fingerprint density at radius 1 is 0.786 bits per heavy atom. The van der Waals surface area contributed by atoms with E-state index in [1.807, 2.05) is 6.08 Å². The van der Waals surface area contributed by atoms with Crippen molar-refractivity contribution in [3.63, 3.8) is 0 Å². The molecule has 0 fully saturated rings. The Morgan fingerprint density at radius 3 is 1.75 bits per heavy atom. The van der Waals surface area contributed by atoms with Gasteiger partial charge in [-0.25, -0.2) is 0 Å². The molecule has 0 atom stereocenters. The molecule has 0 radical (unpaired) electrons. The topological polar surface area (TPSA) is 49.3 Å². The first-order valence-electron chi connectivity index (χ1n) is 11.5. The zero-order valence-corrected chi connectivity index (χ0v) is 17.9. The van der Waals surface area contributed by atoms with Gasteiger partial charge in [0.2, 0.25) is 0 Å². The lowest BCUT2D eigenvalue weighted by Crippen LogP contribution is -2.16. The first-order valence-corrected chi connectivity index (χ1v) is 11.5. The SMILES string of the molecule is CCCCCCCCCCCCCCCCC=CNC(=O)c1ccc(O)cc1.